The van der Waals surface area contributed by atoms with Crippen molar-refractivity contribution < 1.29 is 22.7 Å². The third-order valence-electron chi connectivity index (χ3n) is 2.03. The van der Waals surface area contributed by atoms with E-state index in [1.807, 2.05) is 0 Å². The Balaban J connectivity index is 2.34. The van der Waals surface area contributed by atoms with Gasteiger partial charge < -0.3 is 5.11 Å². The molecule has 6 heteroatoms. The highest BCUT2D eigenvalue weighted by atomic mass is 32.2. The van der Waals surface area contributed by atoms with Gasteiger partial charge in [-0.1, -0.05) is 12.1 Å². The number of aliphatic hydroxyl groups excluding tert-OH is 1. The van der Waals surface area contributed by atoms with E-state index in [0.29, 0.717) is 4.90 Å². The largest absolute Gasteiger partial charge is 0.392 e. The van der Waals surface area contributed by atoms with Crippen LogP contribution in [0.3, 0.4) is 0 Å². The summed E-state index contributed by atoms with van der Waals surface area (Å²) < 4.78 is 48.7. The van der Waals surface area contributed by atoms with Crippen LogP contribution in [0.1, 0.15) is 12.8 Å². The van der Waals surface area contributed by atoms with E-state index < -0.39 is 24.5 Å². The number of hydrogen-bond acceptors (Lipinski definition) is 2. The van der Waals surface area contributed by atoms with Crippen molar-refractivity contribution in [2.45, 2.75) is 30.0 Å². The third kappa shape index (κ3) is 5.93. The highest BCUT2D eigenvalue weighted by molar-refractivity contribution is 7.99. The fourth-order valence-electron chi connectivity index (χ4n) is 1.16. The average Bonchev–Trinajstić information content (AvgIpc) is 2.24. The van der Waals surface area contributed by atoms with Gasteiger partial charge in [0, 0.05) is 17.1 Å². The maximum Gasteiger partial charge on any atom is 0.389 e. The lowest BCUT2D eigenvalue weighted by Crippen LogP contribution is -2.16. The van der Waals surface area contributed by atoms with Gasteiger partial charge in [-0.3, -0.25) is 0 Å². The number of hydrogen-bond donors (Lipinski definition) is 1. The van der Waals surface area contributed by atoms with Gasteiger partial charge in [0.15, 0.2) is 0 Å². The van der Waals surface area contributed by atoms with Gasteiger partial charge in [0.25, 0.3) is 0 Å². The number of alkyl halides is 3. The first-order valence-electron chi connectivity index (χ1n) is 5.00. The molecular formula is C11H12F4OS. The molecule has 1 aromatic rings. The molecule has 96 valence electrons. The van der Waals surface area contributed by atoms with Gasteiger partial charge in [-0.15, -0.1) is 11.8 Å². The zero-order valence-corrected chi connectivity index (χ0v) is 9.69. The quantitative estimate of drug-likeness (QED) is 0.650. The predicted molar refractivity (Wildman–Crippen MR) is 58.4 cm³/mol. The first-order valence-corrected chi connectivity index (χ1v) is 5.99. The predicted octanol–water partition coefficient (Wildman–Crippen LogP) is 3.62. The Morgan fingerprint density at radius 1 is 1.24 bits per heavy atom. The minimum Gasteiger partial charge on any atom is -0.392 e. The molecule has 0 aromatic heterocycles. The summed E-state index contributed by atoms with van der Waals surface area (Å²) in [4.78, 5) is 0.332. The lowest BCUT2D eigenvalue weighted by Gasteiger charge is -2.12. The standard InChI is InChI=1S/C11H12F4OS/c12-9-3-1-2-4-10(9)17-7-8(16)5-6-11(13,14)15/h1-4,8,16H,5-7H2. The monoisotopic (exact) mass is 268 g/mol. The molecule has 1 atom stereocenters. The van der Waals surface area contributed by atoms with Gasteiger partial charge in [0.1, 0.15) is 5.82 Å². The molecule has 17 heavy (non-hydrogen) atoms. The summed E-state index contributed by atoms with van der Waals surface area (Å²) in [6.45, 7) is 0. The molecule has 1 unspecified atom stereocenters. The van der Waals surface area contributed by atoms with Crippen molar-refractivity contribution in [2.24, 2.45) is 0 Å². The second-order valence-electron chi connectivity index (χ2n) is 3.55. The number of halogens is 4. The summed E-state index contributed by atoms with van der Waals surface area (Å²) in [5, 5.41) is 9.32. The smallest absolute Gasteiger partial charge is 0.389 e. The lowest BCUT2D eigenvalue weighted by molar-refractivity contribution is -0.139. The minimum absolute atomic E-state index is 0.0526. The van der Waals surface area contributed by atoms with Crippen LogP contribution in [0.15, 0.2) is 29.2 Å². The van der Waals surface area contributed by atoms with Crippen molar-refractivity contribution in [3.05, 3.63) is 30.1 Å². The van der Waals surface area contributed by atoms with E-state index in [1.165, 1.54) is 18.2 Å². The Bertz CT molecular complexity index is 354. The van der Waals surface area contributed by atoms with E-state index in [0.717, 1.165) is 11.8 Å². The summed E-state index contributed by atoms with van der Waals surface area (Å²) >= 11 is 1.01. The molecule has 1 N–H and O–H groups in total. The van der Waals surface area contributed by atoms with Crippen LogP contribution in [-0.2, 0) is 0 Å². The Morgan fingerprint density at radius 3 is 2.47 bits per heavy atom. The topological polar surface area (TPSA) is 20.2 Å². The van der Waals surface area contributed by atoms with Crippen LogP contribution < -0.4 is 0 Å². The van der Waals surface area contributed by atoms with E-state index in [-0.39, 0.29) is 12.2 Å². The zero-order valence-electron chi connectivity index (χ0n) is 8.88. The first kappa shape index (κ1) is 14.3. The molecule has 0 fully saturated rings. The highest BCUT2D eigenvalue weighted by Gasteiger charge is 2.27. The van der Waals surface area contributed by atoms with E-state index in [9.17, 15) is 22.7 Å². The summed E-state index contributed by atoms with van der Waals surface area (Å²) in [5.74, 6) is -0.377. The average molecular weight is 268 g/mol. The maximum atomic E-state index is 13.1. The molecule has 0 bridgehead atoms. The van der Waals surface area contributed by atoms with Crippen molar-refractivity contribution in [1.29, 1.82) is 0 Å². The second-order valence-corrected chi connectivity index (χ2v) is 4.61. The normalized spacial score (nSPS) is 13.7. The molecule has 0 aliphatic heterocycles. The second kappa shape index (κ2) is 6.26. The SMILES string of the molecule is OC(CCC(F)(F)F)CSc1ccccc1F. The molecule has 1 aromatic carbocycles. The molecule has 0 radical (unpaired) electrons. The molecule has 0 amide bonds. The number of rotatable bonds is 5. The van der Waals surface area contributed by atoms with Crippen molar-refractivity contribution >= 4 is 11.8 Å². The van der Waals surface area contributed by atoms with Gasteiger partial charge >= 0.3 is 6.18 Å². The van der Waals surface area contributed by atoms with Crippen LogP contribution in [-0.4, -0.2) is 23.1 Å². The minimum atomic E-state index is -4.26. The molecule has 0 spiro atoms. The van der Waals surface area contributed by atoms with Crippen LogP contribution in [0.5, 0.6) is 0 Å². The van der Waals surface area contributed by atoms with Crippen LogP contribution in [0, 0.1) is 5.82 Å². The van der Waals surface area contributed by atoms with Gasteiger partial charge in [0.05, 0.1) is 6.10 Å². The molecule has 0 aliphatic rings. The number of benzene rings is 1. The van der Waals surface area contributed by atoms with Gasteiger partial charge in [-0.2, -0.15) is 13.2 Å². The molecular weight excluding hydrogens is 256 g/mol. The van der Waals surface area contributed by atoms with Crippen LogP contribution in [0.25, 0.3) is 0 Å². The fourth-order valence-corrected chi connectivity index (χ4v) is 2.08. The zero-order chi connectivity index (χ0) is 12.9. The molecule has 1 nitrogen and oxygen atoms in total. The summed E-state index contributed by atoms with van der Waals surface area (Å²) in [5.41, 5.74) is 0. The van der Waals surface area contributed by atoms with Crippen molar-refractivity contribution in [2.75, 3.05) is 5.75 Å². The van der Waals surface area contributed by atoms with Crippen LogP contribution in [0.4, 0.5) is 17.6 Å². The molecule has 1 rings (SSSR count). The highest BCUT2D eigenvalue weighted by Crippen LogP contribution is 2.26. The summed E-state index contributed by atoms with van der Waals surface area (Å²) in [6, 6.07) is 5.95. The number of aliphatic hydroxyl groups is 1. The van der Waals surface area contributed by atoms with Crippen molar-refractivity contribution in [3.8, 4) is 0 Å². The first-order chi connectivity index (χ1) is 7.88. The fraction of sp³-hybridized carbons (Fsp3) is 0.455. The van der Waals surface area contributed by atoms with E-state index in [2.05, 4.69) is 0 Å². The molecule has 0 saturated carbocycles. The Hall–Kier alpha value is -0.750. The van der Waals surface area contributed by atoms with Crippen molar-refractivity contribution in [3.63, 3.8) is 0 Å². The Morgan fingerprint density at radius 2 is 1.88 bits per heavy atom. The van der Waals surface area contributed by atoms with E-state index >= 15 is 0 Å². The Labute approximate surface area is 101 Å². The molecule has 0 aliphatic carbocycles. The Kier molecular flexibility index (Phi) is 5.27. The van der Waals surface area contributed by atoms with E-state index in [1.54, 1.807) is 6.07 Å². The van der Waals surface area contributed by atoms with E-state index in [4.69, 9.17) is 0 Å². The van der Waals surface area contributed by atoms with Crippen LogP contribution >= 0.6 is 11.8 Å². The van der Waals surface area contributed by atoms with Gasteiger partial charge in [0.2, 0.25) is 0 Å². The van der Waals surface area contributed by atoms with Crippen molar-refractivity contribution in [1.82, 2.24) is 0 Å². The maximum absolute atomic E-state index is 13.1. The van der Waals surface area contributed by atoms with Crippen LogP contribution in [0.2, 0.25) is 0 Å². The van der Waals surface area contributed by atoms with Gasteiger partial charge in [-0.05, 0) is 18.6 Å². The number of thioether (sulfide) groups is 1. The molecule has 0 saturated heterocycles. The molecule has 0 heterocycles. The van der Waals surface area contributed by atoms with Gasteiger partial charge in [-0.25, -0.2) is 4.39 Å². The lowest BCUT2D eigenvalue weighted by atomic mass is 10.2. The summed E-state index contributed by atoms with van der Waals surface area (Å²) in [7, 11) is 0. The summed E-state index contributed by atoms with van der Waals surface area (Å²) in [6.07, 6.45) is -6.72. The third-order valence-corrected chi connectivity index (χ3v) is 3.22.